The minimum Gasteiger partial charge on any atom is -0.850 e. The van der Waals surface area contributed by atoms with Crippen LogP contribution < -0.4 is 56.5 Å². The van der Waals surface area contributed by atoms with Crippen molar-refractivity contribution in [2.24, 2.45) is 150 Å². The van der Waals surface area contributed by atoms with Crippen LogP contribution in [0.15, 0.2) is 11.6 Å². The fraction of sp³-hybridized carbons (Fsp3) is 0.963. The molecule has 14 heteroatoms. The van der Waals surface area contributed by atoms with Crippen LogP contribution in [0.4, 0.5) is 0 Å². The number of ether oxygens (including phenoxy) is 4. The van der Waals surface area contributed by atoms with Crippen LogP contribution in [-0.4, -0.2) is 137 Å². The zero-order valence-corrected chi connectivity index (χ0v) is 82.0. The average Bonchev–Trinajstić information content (AvgIpc) is 1.66. The van der Waals surface area contributed by atoms with Crippen LogP contribution >= 0.6 is 8.58 Å². The van der Waals surface area contributed by atoms with Crippen LogP contribution in [0, 0.1) is 150 Å². The molecule has 5 unspecified atom stereocenters. The summed E-state index contributed by atoms with van der Waals surface area (Å²) in [5, 5.41) is 63.6. The first kappa shape index (κ1) is 116. The topological polar surface area (TPSA) is 195 Å². The van der Waals surface area contributed by atoms with E-state index >= 15 is 0 Å². The van der Waals surface area contributed by atoms with Gasteiger partial charge in [0.1, 0.15) is 11.6 Å². The van der Waals surface area contributed by atoms with Gasteiger partial charge in [0, 0.05) is 67.9 Å². The molecule has 0 spiro atoms. The summed E-state index contributed by atoms with van der Waals surface area (Å²) in [6.07, 6.45) is 44.8. The van der Waals surface area contributed by atoms with Crippen LogP contribution in [0.25, 0.3) is 0 Å². The van der Waals surface area contributed by atoms with Crippen LogP contribution in [0.5, 0.6) is 0 Å². The Morgan fingerprint density at radius 2 is 0.694 bits per heavy atom. The number of Topliss-reactive ketones (excluding diaryl/α,β-unsaturated/α-hetero) is 2. The second-order valence-electron chi connectivity index (χ2n) is 46.0. The third kappa shape index (κ3) is 21.3. The van der Waals surface area contributed by atoms with Gasteiger partial charge in [-0.25, -0.2) is 0 Å². The molecule has 0 aromatic rings. The molecule has 0 saturated heterocycles. The van der Waals surface area contributed by atoms with E-state index in [1.165, 1.54) is 128 Å². The molecule has 0 heterocycles. The molecule has 16 saturated carbocycles. The van der Waals surface area contributed by atoms with Crippen molar-refractivity contribution in [3.05, 3.63) is 11.6 Å². The number of carbonyl (C=O) groups is 2. The molecule has 0 aliphatic heterocycles. The van der Waals surface area contributed by atoms with Crippen molar-refractivity contribution >= 4 is 20.1 Å². The van der Waals surface area contributed by atoms with Crippen LogP contribution in [0.2, 0.25) is 0 Å². The molecule has 0 bridgehead atoms. The van der Waals surface area contributed by atoms with Crippen molar-refractivity contribution in [1.29, 1.82) is 0 Å². The number of ketones is 2. The molecule has 121 heavy (non-hydrogen) atoms. The molecule has 16 rings (SSSR count). The number of hydrogen-bond acceptors (Lipinski definition) is 12. The van der Waals surface area contributed by atoms with E-state index in [1.807, 2.05) is 63.1 Å². The number of fused-ring (bicyclic) bond motifs is 20. The molecule has 0 aromatic heterocycles. The van der Waals surface area contributed by atoms with Gasteiger partial charge in [-0.1, -0.05) is 112 Å². The first-order chi connectivity index (χ1) is 52.7. The maximum atomic E-state index is 12.6. The van der Waals surface area contributed by atoms with E-state index in [4.69, 9.17) is 18.9 Å². The summed E-state index contributed by atoms with van der Waals surface area (Å²) >= 11 is 0. The number of carbonyl (C=O) groups excluding carboxylic acids is 2. The van der Waals surface area contributed by atoms with Crippen LogP contribution in [0.3, 0.4) is 0 Å². The quantitative estimate of drug-likeness (QED) is 0.0790. The Kier molecular flexibility index (Phi) is 42.0. The Hall–Kier alpha value is 0.746. The van der Waals surface area contributed by atoms with Gasteiger partial charge in [-0.15, -0.1) is 14.2 Å². The number of rotatable bonds is 10. The van der Waals surface area contributed by atoms with Gasteiger partial charge in [0.05, 0.1) is 52.9 Å². The summed E-state index contributed by atoms with van der Waals surface area (Å²) < 4.78 is 24.1. The van der Waals surface area contributed by atoms with Gasteiger partial charge in [-0.05, 0) is 431 Å². The Morgan fingerprint density at radius 1 is 0.413 bits per heavy atom. The Morgan fingerprint density at radius 3 is 1.01 bits per heavy atom. The normalized spacial score (nSPS) is 47.3. The van der Waals surface area contributed by atoms with Gasteiger partial charge < -0.3 is 49.6 Å². The number of hydrogen-bond donors (Lipinski definition) is 5. The summed E-state index contributed by atoms with van der Waals surface area (Å²) in [5.74, 6) is 13.0. The van der Waals surface area contributed by atoms with Gasteiger partial charge in [0.15, 0.2) is 0 Å². The fourth-order valence-electron chi connectivity index (χ4n) is 34.3. The zero-order chi connectivity index (χ0) is 83.2. The second kappa shape index (κ2) is 43.8. The largest absolute Gasteiger partial charge is 1.00 e. The molecule has 35 atom stereocenters. The molecular formula is C107H202KO12P. The van der Waals surface area contributed by atoms with E-state index in [9.17, 15) is 40.2 Å². The number of allylic oxidation sites excluding steroid dienone is 2. The van der Waals surface area contributed by atoms with Crippen molar-refractivity contribution in [2.45, 2.75) is 466 Å². The van der Waals surface area contributed by atoms with Crippen molar-refractivity contribution in [3.63, 3.8) is 0 Å². The Bertz CT molecular complexity index is 3230. The van der Waals surface area contributed by atoms with Gasteiger partial charge in [0.25, 0.3) is 0 Å². The summed E-state index contributed by atoms with van der Waals surface area (Å²) in [6.45, 7) is 42.4. The van der Waals surface area contributed by atoms with Crippen LogP contribution in [0.1, 0.15) is 408 Å². The van der Waals surface area contributed by atoms with Gasteiger partial charge >= 0.3 is 51.4 Å². The molecule has 16 fully saturated rings. The predicted octanol–water partition coefficient (Wildman–Crippen LogP) is 22.4. The van der Waals surface area contributed by atoms with E-state index in [0.29, 0.717) is 93.1 Å². The molecule has 0 radical (unpaired) electrons. The van der Waals surface area contributed by atoms with E-state index in [-0.39, 0.29) is 161 Å². The first-order valence-electron chi connectivity index (χ1n) is 47.4. The van der Waals surface area contributed by atoms with Gasteiger partial charge in [0.2, 0.25) is 0 Å². The minimum atomic E-state index is -0.750. The van der Waals surface area contributed by atoms with E-state index < -0.39 is 28.0 Å². The SMILES string of the molecule is C.C.C.C.C.C.C.C/C=C1/CC[C@H]2[C@@H]3CC[C@@H]4C[C@](C)(O)CC[C@]4(C(C)OC)[C@H]3CC[C@]12C.CC(C)(C)[O-].COC(C)[C@]12CC[C@@](C)(O)C[C@H]1CC[C@@H]1[C@@H]2CC[C@]2(C)C(=O)CC[C@@H]12.COC(C)[C@]12CC[C@@](C)(O)C[C@H]1CC[C@H]1[C@@H]3CC[C@H](C(C)=O)[C@@]3(C)CC[C@@H]12.COC(C)[C@]12CC[C@@](C)(O)C[C@H]1CC[C@H]1[C@@H]3CC[C@H](C(C)O)[C@@]3(C)CC[C@@H]12.CPC.[K+]. The number of methoxy groups -OCH3 is 4. The molecule has 16 aliphatic carbocycles. The monoisotopic (exact) mass is 1750 g/mol. The van der Waals surface area contributed by atoms with Crippen molar-refractivity contribution in [3.8, 4) is 0 Å². The Balaban J connectivity index is 0.000000396. The molecule has 5 N–H and O–H groups in total. The summed E-state index contributed by atoms with van der Waals surface area (Å²) in [7, 11) is 8.62. The minimum absolute atomic E-state index is 0. The molecule has 0 amide bonds. The van der Waals surface area contributed by atoms with Crippen molar-refractivity contribution in [2.75, 3.05) is 41.8 Å². The summed E-state index contributed by atoms with van der Waals surface area (Å²) in [6, 6.07) is 0. The van der Waals surface area contributed by atoms with Gasteiger partial charge in [-0.2, -0.15) is 0 Å². The van der Waals surface area contributed by atoms with Crippen LogP contribution in [-0.2, 0) is 28.5 Å². The molecule has 16 aliphatic rings. The maximum Gasteiger partial charge on any atom is 1.00 e. The smallest absolute Gasteiger partial charge is 0.850 e. The molecule has 708 valence electrons. The standard InChI is InChI=1S/C24H42O3.C24H40O3.C24H40O2.C22H36O3.C4H9O.C2H7P.7CH4.K/c2*1-15(25)19-8-9-20-18-7-6-17-14-22(3,26)12-13-24(17,16(2)27-5)21(18)10-11-23(19,20)4;1-6-17-8-10-20-19-9-7-18-15-22(3,25)13-14-24(18,16(2)26-5)21(19)11-12-23(17,20)4;1-14(25-4)22-12-11-20(2,24)13-15(22)5-6-16-17-7-8-19(23)21(17,3)10-9-18(16)22;1-4(2,3)5;1-3-2;;;;;;;;/h15-21,25-26H,6-14H2,1-5H3;16-21,26H,6-14H2,1-5H3;6,16,18-21,25H,7-15H2,1-5H3;14-18,24H,5-13H2,1-4H3;1-3H3;3H,1-2H3;7*1H4;/q;;;;-1;;;;;;;;;+1/b;;17-6-;;;;;;;;;;;/t15?,16?,17-,18+,19-,20+,21+,22-,23-,24-;16?,17-,18+,19-,20+,21+,22-,23-,24-;16?,18-,19+,20+,21+,22-,23-,24-;14?,15-,16+,17+,18+,20-,21+,22-;;;;;;;;;;/m1111........../s1. The third-order valence-electron chi connectivity index (χ3n) is 39.6. The predicted molar refractivity (Wildman–Crippen MR) is 508 cm³/mol. The third-order valence-corrected chi connectivity index (χ3v) is 39.6. The average molecular weight is 1750 g/mol. The molecule has 12 nitrogen and oxygen atoms in total. The second-order valence-corrected chi connectivity index (χ2v) is 47.0. The molecular weight excluding hydrogens is 1550 g/mol. The fourth-order valence-corrected chi connectivity index (χ4v) is 34.3. The Labute approximate surface area is 793 Å². The van der Waals surface area contributed by atoms with Crippen molar-refractivity contribution in [1.82, 2.24) is 0 Å². The van der Waals surface area contributed by atoms with Gasteiger partial charge in [-0.3, -0.25) is 9.59 Å². The van der Waals surface area contributed by atoms with Crippen molar-refractivity contribution < 1.29 is 111 Å². The zero-order valence-electron chi connectivity index (χ0n) is 77.9. The summed E-state index contributed by atoms with van der Waals surface area (Å²) in [4.78, 5) is 24.9. The summed E-state index contributed by atoms with van der Waals surface area (Å²) in [5.41, 5.74) is 0.899. The van der Waals surface area contributed by atoms with E-state index in [2.05, 4.69) is 88.6 Å². The molecule has 0 aromatic carbocycles. The maximum absolute atomic E-state index is 12.6. The number of aliphatic hydroxyl groups excluding tert-OH is 1. The first-order valence-corrected chi connectivity index (χ1v) is 49.4. The van der Waals surface area contributed by atoms with E-state index in [0.717, 1.165) is 153 Å². The number of aliphatic hydroxyl groups is 5. The van der Waals surface area contributed by atoms with E-state index in [1.54, 1.807) is 26.3 Å².